The molecule has 0 aliphatic heterocycles. The number of hydrogen-bond donors (Lipinski definition) is 1. The molecule has 0 saturated carbocycles. The molecule has 1 N–H and O–H groups in total. The first-order valence-corrected chi connectivity index (χ1v) is 6.96. The van der Waals surface area contributed by atoms with Crippen molar-refractivity contribution in [2.75, 3.05) is 0 Å². The van der Waals surface area contributed by atoms with Gasteiger partial charge in [-0.2, -0.15) is 0 Å². The zero-order valence-electron chi connectivity index (χ0n) is 9.41. The van der Waals surface area contributed by atoms with Gasteiger partial charge in [0.1, 0.15) is 0 Å². The highest BCUT2D eigenvalue weighted by Gasteiger charge is 2.08. The first kappa shape index (κ1) is 12.9. The van der Waals surface area contributed by atoms with Crippen molar-refractivity contribution in [1.82, 2.24) is 5.32 Å². The summed E-state index contributed by atoms with van der Waals surface area (Å²) in [4.78, 5) is 1.23. The molecule has 90 valence electrons. The van der Waals surface area contributed by atoms with E-state index >= 15 is 0 Å². The van der Waals surface area contributed by atoms with E-state index in [2.05, 4.69) is 12.2 Å². The molecule has 2 rings (SSSR count). The van der Waals surface area contributed by atoms with Crippen molar-refractivity contribution < 1.29 is 0 Å². The molecule has 17 heavy (non-hydrogen) atoms. The van der Waals surface area contributed by atoms with Crippen LogP contribution in [0.2, 0.25) is 9.36 Å². The minimum atomic E-state index is 0.226. The monoisotopic (exact) mass is 285 g/mol. The van der Waals surface area contributed by atoms with E-state index < -0.39 is 0 Å². The zero-order valence-corrected chi connectivity index (χ0v) is 11.7. The Balaban J connectivity index is 1.98. The second kappa shape index (κ2) is 5.87. The van der Waals surface area contributed by atoms with Crippen LogP contribution in [0.3, 0.4) is 0 Å². The Labute approximate surface area is 115 Å². The van der Waals surface area contributed by atoms with E-state index in [1.54, 1.807) is 11.3 Å². The SMILES string of the molecule is CC(NCc1ccc(Cl)s1)c1ccccc1Cl. The molecule has 1 unspecified atom stereocenters. The Bertz CT molecular complexity index is 496. The third kappa shape index (κ3) is 3.46. The lowest BCUT2D eigenvalue weighted by Crippen LogP contribution is -2.17. The minimum absolute atomic E-state index is 0.226. The van der Waals surface area contributed by atoms with Crippen LogP contribution in [0.1, 0.15) is 23.4 Å². The summed E-state index contributed by atoms with van der Waals surface area (Å²) in [5.41, 5.74) is 1.12. The Morgan fingerprint density at radius 3 is 2.59 bits per heavy atom. The van der Waals surface area contributed by atoms with Gasteiger partial charge >= 0.3 is 0 Å². The van der Waals surface area contributed by atoms with Gasteiger partial charge in [0.15, 0.2) is 0 Å². The van der Waals surface area contributed by atoms with Gasteiger partial charge in [-0.25, -0.2) is 0 Å². The predicted octanol–water partition coefficient (Wildman–Crippen LogP) is 4.91. The number of thiophene rings is 1. The number of rotatable bonds is 4. The van der Waals surface area contributed by atoms with E-state index in [9.17, 15) is 0 Å². The topological polar surface area (TPSA) is 12.0 Å². The van der Waals surface area contributed by atoms with Crippen LogP contribution in [0.5, 0.6) is 0 Å². The Kier molecular flexibility index (Phi) is 4.46. The smallest absolute Gasteiger partial charge is 0.0931 e. The molecule has 0 radical (unpaired) electrons. The molecule has 1 heterocycles. The molecule has 1 atom stereocenters. The van der Waals surface area contributed by atoms with Crippen LogP contribution in [-0.2, 0) is 6.54 Å². The van der Waals surface area contributed by atoms with Gasteiger partial charge in [0.05, 0.1) is 4.34 Å². The summed E-state index contributed by atoms with van der Waals surface area (Å²) in [6.45, 7) is 2.92. The van der Waals surface area contributed by atoms with E-state index in [4.69, 9.17) is 23.2 Å². The predicted molar refractivity (Wildman–Crippen MR) is 76.0 cm³/mol. The van der Waals surface area contributed by atoms with E-state index in [0.717, 1.165) is 21.5 Å². The van der Waals surface area contributed by atoms with Gasteiger partial charge in [0.2, 0.25) is 0 Å². The fraction of sp³-hybridized carbons (Fsp3) is 0.231. The van der Waals surface area contributed by atoms with Crippen LogP contribution in [0.15, 0.2) is 36.4 Å². The van der Waals surface area contributed by atoms with Gasteiger partial charge in [0, 0.05) is 22.5 Å². The van der Waals surface area contributed by atoms with Crippen molar-refractivity contribution in [3.05, 3.63) is 56.2 Å². The van der Waals surface area contributed by atoms with Gasteiger partial charge < -0.3 is 5.32 Å². The lowest BCUT2D eigenvalue weighted by Gasteiger charge is -2.14. The maximum absolute atomic E-state index is 6.15. The summed E-state index contributed by atoms with van der Waals surface area (Å²) in [5, 5.41) is 4.24. The van der Waals surface area contributed by atoms with E-state index in [-0.39, 0.29) is 6.04 Å². The van der Waals surface area contributed by atoms with E-state index in [1.807, 2.05) is 36.4 Å². The first-order chi connectivity index (χ1) is 8.16. The van der Waals surface area contributed by atoms with Crippen molar-refractivity contribution in [2.24, 2.45) is 0 Å². The van der Waals surface area contributed by atoms with Gasteiger partial charge in [-0.3, -0.25) is 0 Å². The maximum Gasteiger partial charge on any atom is 0.0931 e. The molecule has 4 heteroatoms. The largest absolute Gasteiger partial charge is 0.305 e. The van der Waals surface area contributed by atoms with Crippen molar-refractivity contribution in [2.45, 2.75) is 19.5 Å². The Morgan fingerprint density at radius 2 is 1.94 bits per heavy atom. The quantitative estimate of drug-likeness (QED) is 0.842. The highest BCUT2D eigenvalue weighted by Crippen LogP contribution is 2.24. The molecule has 0 aliphatic rings. The fourth-order valence-electron chi connectivity index (χ4n) is 1.64. The van der Waals surface area contributed by atoms with Crippen LogP contribution >= 0.6 is 34.5 Å². The van der Waals surface area contributed by atoms with Crippen molar-refractivity contribution in [3.8, 4) is 0 Å². The number of benzene rings is 1. The molecule has 2 aromatic rings. The number of nitrogens with one attached hydrogen (secondary N) is 1. The third-order valence-electron chi connectivity index (χ3n) is 2.58. The van der Waals surface area contributed by atoms with Crippen LogP contribution in [0.4, 0.5) is 0 Å². The molecule has 0 spiro atoms. The third-order valence-corrected chi connectivity index (χ3v) is 4.16. The summed E-state index contributed by atoms with van der Waals surface area (Å²) in [5.74, 6) is 0. The van der Waals surface area contributed by atoms with Crippen LogP contribution in [-0.4, -0.2) is 0 Å². The van der Waals surface area contributed by atoms with Gasteiger partial charge in [-0.15, -0.1) is 11.3 Å². The standard InChI is InChI=1S/C13H13Cl2NS/c1-9(11-4-2-3-5-12(11)14)16-8-10-6-7-13(15)17-10/h2-7,9,16H,8H2,1H3. The molecule has 0 bridgehead atoms. The average Bonchev–Trinajstić information content (AvgIpc) is 2.73. The lowest BCUT2D eigenvalue weighted by molar-refractivity contribution is 0.579. The Hall–Kier alpha value is -0.540. The summed E-state index contributed by atoms with van der Waals surface area (Å²) >= 11 is 13.6. The maximum atomic E-state index is 6.15. The highest BCUT2D eigenvalue weighted by atomic mass is 35.5. The molecule has 1 aromatic heterocycles. The van der Waals surface area contributed by atoms with Crippen molar-refractivity contribution in [1.29, 1.82) is 0 Å². The first-order valence-electron chi connectivity index (χ1n) is 5.39. The normalized spacial score (nSPS) is 12.6. The fourth-order valence-corrected chi connectivity index (χ4v) is 2.97. The second-order valence-electron chi connectivity index (χ2n) is 3.83. The molecule has 0 saturated heterocycles. The Morgan fingerprint density at radius 1 is 1.18 bits per heavy atom. The van der Waals surface area contributed by atoms with E-state index in [0.29, 0.717) is 0 Å². The summed E-state index contributed by atoms with van der Waals surface area (Å²) in [6.07, 6.45) is 0. The summed E-state index contributed by atoms with van der Waals surface area (Å²) in [7, 11) is 0. The molecule has 1 aromatic carbocycles. The molecule has 0 fully saturated rings. The summed E-state index contributed by atoms with van der Waals surface area (Å²) in [6, 6.07) is 12.1. The van der Waals surface area contributed by atoms with Crippen molar-refractivity contribution in [3.63, 3.8) is 0 Å². The molecule has 0 aliphatic carbocycles. The van der Waals surface area contributed by atoms with Crippen LogP contribution < -0.4 is 5.32 Å². The van der Waals surface area contributed by atoms with Crippen LogP contribution in [0, 0.1) is 0 Å². The lowest BCUT2D eigenvalue weighted by atomic mass is 10.1. The average molecular weight is 286 g/mol. The summed E-state index contributed by atoms with van der Waals surface area (Å²) < 4.78 is 0.826. The number of halogens is 2. The minimum Gasteiger partial charge on any atom is -0.305 e. The molecular weight excluding hydrogens is 273 g/mol. The zero-order chi connectivity index (χ0) is 12.3. The van der Waals surface area contributed by atoms with Crippen LogP contribution in [0.25, 0.3) is 0 Å². The molecule has 0 amide bonds. The second-order valence-corrected chi connectivity index (χ2v) is 6.04. The van der Waals surface area contributed by atoms with Crippen molar-refractivity contribution >= 4 is 34.5 Å². The van der Waals surface area contributed by atoms with Gasteiger partial charge in [-0.05, 0) is 30.7 Å². The van der Waals surface area contributed by atoms with Gasteiger partial charge in [-0.1, -0.05) is 41.4 Å². The van der Waals surface area contributed by atoms with E-state index in [1.165, 1.54) is 4.88 Å². The number of hydrogen-bond acceptors (Lipinski definition) is 2. The molecule has 1 nitrogen and oxygen atoms in total. The molecular formula is C13H13Cl2NS. The van der Waals surface area contributed by atoms with Gasteiger partial charge in [0.25, 0.3) is 0 Å². The highest BCUT2D eigenvalue weighted by molar-refractivity contribution is 7.16.